The Hall–Kier alpha value is -3.32. The lowest BCUT2D eigenvalue weighted by atomic mass is 10.1. The van der Waals surface area contributed by atoms with Crippen LogP contribution >= 0.6 is 0 Å². The molecule has 0 spiro atoms. The van der Waals surface area contributed by atoms with Crippen molar-refractivity contribution < 1.29 is 9.53 Å². The molecule has 7 nitrogen and oxygen atoms in total. The van der Waals surface area contributed by atoms with Crippen molar-refractivity contribution in [3.8, 4) is 5.75 Å². The SMILES string of the molecule is COc1cccc(CCc2cc(NC(=O)c3ccc(N4CCNCC4)cc3)n(C(C)(C)C)n2)c1. The van der Waals surface area contributed by atoms with Crippen LogP contribution in [-0.4, -0.2) is 49.0 Å². The minimum Gasteiger partial charge on any atom is -0.497 e. The first-order valence-electron chi connectivity index (χ1n) is 11.9. The first-order valence-corrected chi connectivity index (χ1v) is 11.9. The number of aromatic nitrogens is 2. The molecule has 0 unspecified atom stereocenters. The maximum Gasteiger partial charge on any atom is 0.256 e. The number of amides is 1. The molecular formula is C27H35N5O2. The van der Waals surface area contributed by atoms with Gasteiger partial charge in [0.2, 0.25) is 0 Å². The van der Waals surface area contributed by atoms with Crippen LogP contribution in [-0.2, 0) is 18.4 Å². The summed E-state index contributed by atoms with van der Waals surface area (Å²) in [7, 11) is 1.68. The van der Waals surface area contributed by atoms with Crippen LogP contribution in [0.5, 0.6) is 5.75 Å². The number of nitrogens with one attached hydrogen (secondary N) is 2. The zero-order chi connectivity index (χ0) is 24.1. The van der Waals surface area contributed by atoms with E-state index in [4.69, 9.17) is 9.84 Å². The van der Waals surface area contributed by atoms with E-state index in [1.165, 1.54) is 5.56 Å². The topological polar surface area (TPSA) is 71.4 Å². The van der Waals surface area contributed by atoms with Gasteiger partial charge < -0.3 is 20.3 Å². The van der Waals surface area contributed by atoms with Crippen LogP contribution in [0, 0.1) is 0 Å². The number of rotatable bonds is 7. The first-order chi connectivity index (χ1) is 16.3. The lowest BCUT2D eigenvalue weighted by molar-refractivity contribution is 0.102. The van der Waals surface area contributed by atoms with Gasteiger partial charge in [0, 0.05) is 43.5 Å². The molecule has 0 atom stereocenters. The van der Waals surface area contributed by atoms with Crippen LogP contribution in [0.3, 0.4) is 0 Å². The summed E-state index contributed by atoms with van der Waals surface area (Å²) >= 11 is 0. The van der Waals surface area contributed by atoms with Crippen molar-refractivity contribution in [2.24, 2.45) is 0 Å². The van der Waals surface area contributed by atoms with E-state index in [2.05, 4.69) is 42.4 Å². The highest BCUT2D eigenvalue weighted by Crippen LogP contribution is 2.24. The number of carbonyl (C=O) groups is 1. The summed E-state index contributed by atoms with van der Waals surface area (Å²) in [6.07, 6.45) is 1.62. The number of carbonyl (C=O) groups excluding carboxylic acids is 1. The monoisotopic (exact) mass is 461 g/mol. The minimum absolute atomic E-state index is 0.128. The summed E-state index contributed by atoms with van der Waals surface area (Å²) in [6.45, 7) is 10.2. The van der Waals surface area contributed by atoms with Crippen molar-refractivity contribution >= 4 is 17.4 Å². The molecule has 7 heteroatoms. The first kappa shape index (κ1) is 23.8. The maximum absolute atomic E-state index is 13.1. The Balaban J connectivity index is 1.46. The fourth-order valence-corrected chi connectivity index (χ4v) is 4.19. The molecular weight excluding hydrogens is 426 g/mol. The van der Waals surface area contributed by atoms with E-state index >= 15 is 0 Å². The van der Waals surface area contributed by atoms with E-state index in [1.807, 2.05) is 53.2 Å². The van der Waals surface area contributed by atoms with Gasteiger partial charge in [0.15, 0.2) is 0 Å². The summed E-state index contributed by atoms with van der Waals surface area (Å²) in [6, 6.07) is 17.9. The van der Waals surface area contributed by atoms with Crippen molar-refractivity contribution in [2.45, 2.75) is 39.2 Å². The van der Waals surface area contributed by atoms with Gasteiger partial charge in [-0.15, -0.1) is 0 Å². The largest absolute Gasteiger partial charge is 0.497 e. The lowest BCUT2D eigenvalue weighted by Gasteiger charge is -2.29. The highest BCUT2D eigenvalue weighted by atomic mass is 16.5. The quantitative estimate of drug-likeness (QED) is 0.555. The molecule has 0 saturated carbocycles. The Kier molecular flexibility index (Phi) is 7.22. The van der Waals surface area contributed by atoms with E-state index in [0.717, 1.165) is 56.2 Å². The summed E-state index contributed by atoms with van der Waals surface area (Å²) in [4.78, 5) is 15.4. The van der Waals surface area contributed by atoms with E-state index in [9.17, 15) is 4.79 Å². The van der Waals surface area contributed by atoms with Gasteiger partial charge in [-0.2, -0.15) is 5.10 Å². The third kappa shape index (κ3) is 5.78. The van der Waals surface area contributed by atoms with Gasteiger partial charge in [-0.3, -0.25) is 4.79 Å². The normalized spacial score (nSPS) is 14.2. The number of piperazine rings is 1. The minimum atomic E-state index is -0.261. The number of hydrogen-bond acceptors (Lipinski definition) is 5. The average molecular weight is 462 g/mol. The molecule has 0 aliphatic carbocycles. The van der Waals surface area contributed by atoms with E-state index < -0.39 is 0 Å². The predicted molar refractivity (Wildman–Crippen MR) is 137 cm³/mol. The molecule has 1 aliphatic rings. The number of aryl methyl sites for hydroxylation is 2. The molecule has 34 heavy (non-hydrogen) atoms. The number of nitrogens with zero attached hydrogens (tertiary/aromatic N) is 3. The Labute approximate surface area is 202 Å². The number of methoxy groups -OCH3 is 1. The Morgan fingerprint density at radius 2 is 1.79 bits per heavy atom. The Morgan fingerprint density at radius 3 is 2.47 bits per heavy atom. The van der Waals surface area contributed by atoms with Crippen molar-refractivity contribution in [1.82, 2.24) is 15.1 Å². The van der Waals surface area contributed by atoms with Crippen molar-refractivity contribution in [2.75, 3.05) is 43.5 Å². The Bertz CT molecular complexity index is 1110. The van der Waals surface area contributed by atoms with Crippen LogP contribution in [0.25, 0.3) is 0 Å². The van der Waals surface area contributed by atoms with Gasteiger partial charge in [0.25, 0.3) is 5.91 Å². The molecule has 4 rings (SSSR count). The lowest BCUT2D eigenvalue weighted by Crippen LogP contribution is -2.43. The van der Waals surface area contributed by atoms with E-state index in [1.54, 1.807) is 7.11 Å². The van der Waals surface area contributed by atoms with Gasteiger partial charge >= 0.3 is 0 Å². The van der Waals surface area contributed by atoms with Crippen molar-refractivity contribution in [3.63, 3.8) is 0 Å². The fraction of sp³-hybridized carbons (Fsp3) is 0.407. The summed E-state index contributed by atoms with van der Waals surface area (Å²) < 4.78 is 7.23. The number of benzene rings is 2. The smallest absolute Gasteiger partial charge is 0.256 e. The highest BCUT2D eigenvalue weighted by Gasteiger charge is 2.21. The Morgan fingerprint density at radius 1 is 1.06 bits per heavy atom. The molecule has 3 aromatic rings. The summed E-state index contributed by atoms with van der Waals surface area (Å²) in [5.74, 6) is 1.44. The van der Waals surface area contributed by atoms with Crippen LogP contribution in [0.2, 0.25) is 0 Å². The van der Waals surface area contributed by atoms with Gasteiger partial charge in [0.1, 0.15) is 11.6 Å². The van der Waals surface area contributed by atoms with Crippen LogP contribution in [0.15, 0.2) is 54.6 Å². The average Bonchev–Trinajstić information content (AvgIpc) is 3.27. The number of anilines is 2. The second kappa shape index (κ2) is 10.3. The zero-order valence-corrected chi connectivity index (χ0v) is 20.6. The standard InChI is InChI=1S/C27H35N5O2/c1-27(2,3)32-25(19-22(30-32)11-8-20-6-5-7-24(18-20)34-4)29-26(33)21-9-12-23(13-10-21)31-16-14-28-15-17-31/h5-7,9-10,12-13,18-19,28H,8,11,14-17H2,1-4H3,(H,29,33). The molecule has 0 bridgehead atoms. The maximum atomic E-state index is 13.1. The highest BCUT2D eigenvalue weighted by molar-refractivity contribution is 6.04. The number of ether oxygens (including phenoxy) is 1. The zero-order valence-electron chi connectivity index (χ0n) is 20.6. The molecule has 2 aromatic carbocycles. The van der Waals surface area contributed by atoms with Crippen molar-refractivity contribution in [1.29, 1.82) is 0 Å². The van der Waals surface area contributed by atoms with Gasteiger partial charge in [-0.1, -0.05) is 12.1 Å². The third-order valence-corrected chi connectivity index (χ3v) is 6.05. The number of hydrogen-bond donors (Lipinski definition) is 2. The fourth-order valence-electron chi connectivity index (χ4n) is 4.19. The van der Waals surface area contributed by atoms with Crippen LogP contribution < -0.4 is 20.3 Å². The molecule has 1 amide bonds. The van der Waals surface area contributed by atoms with E-state index in [0.29, 0.717) is 11.4 Å². The molecule has 1 aromatic heterocycles. The van der Waals surface area contributed by atoms with Crippen LogP contribution in [0.1, 0.15) is 42.4 Å². The van der Waals surface area contributed by atoms with Gasteiger partial charge in [0.05, 0.1) is 18.3 Å². The summed E-state index contributed by atoms with van der Waals surface area (Å²) in [5, 5.41) is 11.3. The molecule has 2 heterocycles. The third-order valence-electron chi connectivity index (χ3n) is 6.05. The second-order valence-corrected chi connectivity index (χ2v) is 9.69. The van der Waals surface area contributed by atoms with Crippen LogP contribution in [0.4, 0.5) is 11.5 Å². The molecule has 1 aliphatic heterocycles. The van der Waals surface area contributed by atoms with Gasteiger partial charge in [-0.25, -0.2) is 4.68 Å². The summed E-state index contributed by atoms with van der Waals surface area (Å²) in [5.41, 5.74) is 3.67. The molecule has 180 valence electrons. The van der Waals surface area contributed by atoms with Crippen molar-refractivity contribution in [3.05, 3.63) is 71.4 Å². The second-order valence-electron chi connectivity index (χ2n) is 9.69. The predicted octanol–water partition coefficient (Wildman–Crippen LogP) is 4.09. The van der Waals surface area contributed by atoms with E-state index in [-0.39, 0.29) is 11.4 Å². The van der Waals surface area contributed by atoms with Gasteiger partial charge in [-0.05, 0) is 75.6 Å². The molecule has 1 fully saturated rings. The molecule has 2 N–H and O–H groups in total. The molecule has 1 saturated heterocycles. The molecule has 0 radical (unpaired) electrons.